The molecule has 0 aliphatic rings. The molecule has 0 saturated heterocycles. The van der Waals surface area contributed by atoms with E-state index < -0.39 is 5.54 Å². The second kappa shape index (κ2) is 8.60. The number of carbonyl (C=O) groups is 1. The van der Waals surface area contributed by atoms with Crippen LogP contribution >= 0.6 is 23.7 Å². The SMILES string of the molecule is CCCC(C)(N)C(=O)NC(C)c1sc(-c2ccccc2)nc1C.Cl. The van der Waals surface area contributed by atoms with Crippen LogP contribution in [0.25, 0.3) is 10.6 Å². The van der Waals surface area contributed by atoms with Gasteiger partial charge in [-0.3, -0.25) is 4.79 Å². The van der Waals surface area contributed by atoms with Crippen molar-refractivity contribution in [1.29, 1.82) is 0 Å². The summed E-state index contributed by atoms with van der Waals surface area (Å²) < 4.78 is 0. The van der Waals surface area contributed by atoms with E-state index in [-0.39, 0.29) is 24.4 Å². The first-order valence-electron chi connectivity index (χ1n) is 7.97. The quantitative estimate of drug-likeness (QED) is 0.802. The predicted molar refractivity (Wildman–Crippen MR) is 104 cm³/mol. The molecule has 2 rings (SSSR count). The van der Waals surface area contributed by atoms with Gasteiger partial charge in [-0.25, -0.2) is 4.98 Å². The van der Waals surface area contributed by atoms with Crippen molar-refractivity contribution in [2.75, 3.05) is 0 Å². The van der Waals surface area contributed by atoms with Gasteiger partial charge in [-0.15, -0.1) is 23.7 Å². The van der Waals surface area contributed by atoms with Gasteiger partial charge in [0.1, 0.15) is 5.01 Å². The number of aromatic nitrogens is 1. The van der Waals surface area contributed by atoms with Gasteiger partial charge in [0.2, 0.25) is 5.91 Å². The molecule has 132 valence electrons. The number of nitrogens with zero attached hydrogens (tertiary/aromatic N) is 1. The Morgan fingerprint density at radius 2 is 2.00 bits per heavy atom. The zero-order valence-electron chi connectivity index (χ0n) is 14.6. The van der Waals surface area contributed by atoms with Crippen LogP contribution in [0.1, 0.15) is 50.2 Å². The van der Waals surface area contributed by atoms with Gasteiger partial charge in [0, 0.05) is 5.56 Å². The normalized spacial score (nSPS) is 14.4. The monoisotopic (exact) mass is 367 g/mol. The second-order valence-corrected chi connectivity index (χ2v) is 7.23. The van der Waals surface area contributed by atoms with Crippen molar-refractivity contribution in [3.8, 4) is 10.6 Å². The molecular formula is C18H26ClN3OS. The lowest BCUT2D eigenvalue weighted by Crippen LogP contribution is -2.51. The Morgan fingerprint density at radius 1 is 1.38 bits per heavy atom. The van der Waals surface area contributed by atoms with E-state index in [1.165, 1.54) is 0 Å². The van der Waals surface area contributed by atoms with Crippen LogP contribution in [0, 0.1) is 6.92 Å². The molecular weight excluding hydrogens is 342 g/mol. The van der Waals surface area contributed by atoms with Crippen LogP contribution in [-0.4, -0.2) is 16.4 Å². The summed E-state index contributed by atoms with van der Waals surface area (Å²) >= 11 is 1.62. The van der Waals surface area contributed by atoms with Gasteiger partial charge in [0.15, 0.2) is 0 Å². The Bertz CT molecular complexity index is 670. The first-order valence-corrected chi connectivity index (χ1v) is 8.79. The van der Waals surface area contributed by atoms with E-state index in [1.54, 1.807) is 18.3 Å². The molecule has 2 aromatic rings. The number of carbonyl (C=O) groups excluding carboxylic acids is 1. The first-order chi connectivity index (χ1) is 10.8. The summed E-state index contributed by atoms with van der Waals surface area (Å²) in [6.45, 7) is 7.78. The van der Waals surface area contributed by atoms with Gasteiger partial charge in [-0.05, 0) is 27.2 Å². The summed E-state index contributed by atoms with van der Waals surface area (Å²) in [5, 5.41) is 4.01. The van der Waals surface area contributed by atoms with Crippen LogP contribution in [0.3, 0.4) is 0 Å². The highest BCUT2D eigenvalue weighted by molar-refractivity contribution is 7.15. The van der Waals surface area contributed by atoms with Crippen LogP contribution in [0.2, 0.25) is 0 Å². The first kappa shape index (κ1) is 20.6. The molecule has 1 aromatic heterocycles. The average Bonchev–Trinajstić information content (AvgIpc) is 2.90. The van der Waals surface area contributed by atoms with Crippen LogP contribution < -0.4 is 11.1 Å². The van der Waals surface area contributed by atoms with Gasteiger partial charge in [-0.1, -0.05) is 43.7 Å². The molecule has 0 radical (unpaired) electrons. The predicted octanol–water partition coefficient (Wildman–Crippen LogP) is 4.24. The highest BCUT2D eigenvalue weighted by Gasteiger charge is 2.29. The third-order valence-electron chi connectivity index (χ3n) is 3.88. The van der Waals surface area contributed by atoms with Crippen molar-refractivity contribution in [3.05, 3.63) is 40.9 Å². The minimum absolute atomic E-state index is 0. The van der Waals surface area contributed by atoms with Crippen molar-refractivity contribution in [2.45, 2.75) is 52.1 Å². The van der Waals surface area contributed by atoms with E-state index in [0.29, 0.717) is 6.42 Å². The van der Waals surface area contributed by atoms with Crippen LogP contribution in [0.15, 0.2) is 30.3 Å². The molecule has 0 aliphatic heterocycles. The minimum atomic E-state index is -0.830. The molecule has 0 bridgehead atoms. The molecule has 0 aliphatic carbocycles. The molecule has 1 amide bonds. The summed E-state index contributed by atoms with van der Waals surface area (Å²) in [5.41, 5.74) is 7.33. The van der Waals surface area contributed by atoms with Crippen molar-refractivity contribution >= 4 is 29.7 Å². The van der Waals surface area contributed by atoms with Crippen LogP contribution in [0.5, 0.6) is 0 Å². The number of nitrogens with one attached hydrogen (secondary N) is 1. The summed E-state index contributed by atoms with van der Waals surface area (Å²) in [6.07, 6.45) is 1.55. The Morgan fingerprint density at radius 3 is 2.58 bits per heavy atom. The molecule has 1 aromatic carbocycles. The Labute approximate surface area is 154 Å². The molecule has 1 heterocycles. The van der Waals surface area contributed by atoms with Crippen LogP contribution in [0.4, 0.5) is 0 Å². The molecule has 6 heteroatoms. The maximum absolute atomic E-state index is 12.4. The minimum Gasteiger partial charge on any atom is -0.347 e. The molecule has 0 saturated carbocycles. The zero-order chi connectivity index (χ0) is 17.0. The number of rotatable bonds is 6. The van der Waals surface area contributed by atoms with Crippen molar-refractivity contribution in [1.82, 2.24) is 10.3 Å². The maximum atomic E-state index is 12.4. The highest BCUT2D eigenvalue weighted by atomic mass is 35.5. The lowest BCUT2D eigenvalue weighted by atomic mass is 9.96. The lowest BCUT2D eigenvalue weighted by molar-refractivity contribution is -0.126. The molecule has 2 atom stereocenters. The number of hydrogen-bond donors (Lipinski definition) is 2. The second-order valence-electron chi connectivity index (χ2n) is 6.20. The van der Waals surface area contributed by atoms with E-state index in [9.17, 15) is 4.79 Å². The number of aryl methyl sites for hydroxylation is 1. The smallest absolute Gasteiger partial charge is 0.240 e. The fraction of sp³-hybridized carbons (Fsp3) is 0.444. The number of nitrogens with two attached hydrogens (primary N) is 1. The molecule has 0 spiro atoms. The van der Waals surface area contributed by atoms with Gasteiger partial charge in [0.05, 0.1) is 22.2 Å². The standard InChI is InChI=1S/C18H25N3OS.ClH/c1-5-11-18(4,19)17(22)21-13(3)15-12(2)20-16(23-15)14-9-7-6-8-10-14;/h6-10,13H,5,11,19H2,1-4H3,(H,21,22);1H. The van der Waals surface area contributed by atoms with Crippen LogP contribution in [-0.2, 0) is 4.79 Å². The van der Waals surface area contributed by atoms with E-state index in [0.717, 1.165) is 27.6 Å². The summed E-state index contributed by atoms with van der Waals surface area (Å²) in [7, 11) is 0. The number of amides is 1. The number of benzene rings is 1. The third kappa shape index (κ3) is 4.79. The van der Waals surface area contributed by atoms with Gasteiger partial charge >= 0.3 is 0 Å². The summed E-state index contributed by atoms with van der Waals surface area (Å²) in [5.74, 6) is -0.110. The van der Waals surface area contributed by atoms with E-state index >= 15 is 0 Å². The van der Waals surface area contributed by atoms with E-state index in [4.69, 9.17) is 5.73 Å². The van der Waals surface area contributed by atoms with Crippen molar-refractivity contribution < 1.29 is 4.79 Å². The number of thiazole rings is 1. The molecule has 24 heavy (non-hydrogen) atoms. The number of halogens is 1. The molecule has 4 nitrogen and oxygen atoms in total. The van der Waals surface area contributed by atoms with Gasteiger partial charge < -0.3 is 11.1 Å². The summed E-state index contributed by atoms with van der Waals surface area (Å²) in [6, 6.07) is 9.98. The van der Waals surface area contributed by atoms with Crippen molar-refractivity contribution in [3.63, 3.8) is 0 Å². The Kier molecular flexibility index (Phi) is 7.39. The highest BCUT2D eigenvalue weighted by Crippen LogP contribution is 2.31. The molecule has 3 N–H and O–H groups in total. The fourth-order valence-electron chi connectivity index (χ4n) is 2.57. The summed E-state index contributed by atoms with van der Waals surface area (Å²) in [4.78, 5) is 18.1. The third-order valence-corrected chi connectivity index (χ3v) is 5.27. The number of hydrogen-bond acceptors (Lipinski definition) is 4. The topological polar surface area (TPSA) is 68.0 Å². The molecule has 2 unspecified atom stereocenters. The maximum Gasteiger partial charge on any atom is 0.240 e. The largest absolute Gasteiger partial charge is 0.347 e. The van der Waals surface area contributed by atoms with Gasteiger partial charge in [-0.2, -0.15) is 0 Å². The average molecular weight is 368 g/mol. The Balaban J connectivity index is 0.00000288. The zero-order valence-corrected chi connectivity index (χ0v) is 16.3. The van der Waals surface area contributed by atoms with Crippen molar-refractivity contribution in [2.24, 2.45) is 5.73 Å². The Hall–Kier alpha value is -1.43. The van der Waals surface area contributed by atoms with Gasteiger partial charge in [0.25, 0.3) is 0 Å². The van der Waals surface area contributed by atoms with E-state index in [1.807, 2.05) is 51.1 Å². The molecule has 0 fully saturated rings. The fourth-order valence-corrected chi connectivity index (χ4v) is 3.65. The lowest BCUT2D eigenvalue weighted by Gasteiger charge is -2.25. The van der Waals surface area contributed by atoms with E-state index in [2.05, 4.69) is 10.3 Å².